The van der Waals surface area contributed by atoms with Crippen LogP contribution in [-0.4, -0.2) is 24.5 Å². The summed E-state index contributed by atoms with van der Waals surface area (Å²) in [6.07, 6.45) is 2.58. The van der Waals surface area contributed by atoms with Crippen LogP contribution in [0.3, 0.4) is 0 Å². The molecule has 1 aromatic rings. The van der Waals surface area contributed by atoms with E-state index in [2.05, 4.69) is 28.4 Å². The van der Waals surface area contributed by atoms with E-state index >= 15 is 0 Å². The third-order valence-corrected chi connectivity index (χ3v) is 3.51. The van der Waals surface area contributed by atoms with E-state index in [1.807, 2.05) is 0 Å². The van der Waals surface area contributed by atoms with Crippen molar-refractivity contribution in [2.75, 3.05) is 19.6 Å². The van der Waals surface area contributed by atoms with Crippen LogP contribution in [0, 0.1) is 0 Å². The maximum Gasteiger partial charge on any atom is 0.0233 e. The van der Waals surface area contributed by atoms with Crippen molar-refractivity contribution in [1.29, 1.82) is 0 Å². The van der Waals surface area contributed by atoms with Crippen LogP contribution in [0.1, 0.15) is 23.1 Å². The molecule has 4 heteroatoms. The molecule has 2 nitrogen and oxygen atoms in total. The molecule has 0 spiro atoms. The predicted octanol–water partition coefficient (Wildman–Crippen LogP) is 2.38. The highest BCUT2D eigenvalue weighted by molar-refractivity contribution is 5.85. The summed E-state index contributed by atoms with van der Waals surface area (Å²) < 4.78 is 0. The van der Waals surface area contributed by atoms with E-state index in [-0.39, 0.29) is 24.8 Å². The summed E-state index contributed by atoms with van der Waals surface area (Å²) in [5.74, 6) is 0. The number of fused-ring (bicyclic) bond motifs is 1. The van der Waals surface area contributed by atoms with Crippen LogP contribution in [0.25, 0.3) is 0 Å². The molecule has 2 aliphatic rings. The van der Waals surface area contributed by atoms with Crippen molar-refractivity contribution in [2.45, 2.75) is 25.9 Å². The molecule has 2 aliphatic heterocycles. The number of likely N-dealkylation sites (tertiary alicyclic amines) is 1. The Morgan fingerprint density at radius 3 is 2.65 bits per heavy atom. The third kappa shape index (κ3) is 3.35. The van der Waals surface area contributed by atoms with Crippen LogP contribution in [0.5, 0.6) is 0 Å². The van der Waals surface area contributed by atoms with E-state index in [0.717, 1.165) is 19.6 Å². The summed E-state index contributed by atoms with van der Waals surface area (Å²) in [5.41, 5.74) is 4.55. The molecule has 0 saturated carbocycles. The van der Waals surface area contributed by atoms with Gasteiger partial charge in [0.15, 0.2) is 0 Å². The van der Waals surface area contributed by atoms with Crippen LogP contribution in [0.4, 0.5) is 0 Å². The molecular weight excluding hydrogens is 255 g/mol. The van der Waals surface area contributed by atoms with Crippen LogP contribution < -0.4 is 5.32 Å². The Morgan fingerprint density at radius 1 is 1.12 bits per heavy atom. The molecule has 0 aliphatic carbocycles. The monoisotopic (exact) mass is 274 g/mol. The molecule has 1 fully saturated rings. The summed E-state index contributed by atoms with van der Waals surface area (Å²) >= 11 is 0. The van der Waals surface area contributed by atoms with Crippen molar-refractivity contribution in [3.63, 3.8) is 0 Å². The molecule has 2 heterocycles. The Morgan fingerprint density at radius 2 is 1.94 bits per heavy atom. The molecule has 1 N–H and O–H groups in total. The number of benzene rings is 1. The standard InChI is InChI=1S/C13H18N2.2ClH/c1-6-15(7-1)10-11-2-3-13-9-14-5-4-12(13)8-11;;/h2-3,8,14H,1,4-7,9-10H2;2*1H. The highest BCUT2D eigenvalue weighted by atomic mass is 35.5. The van der Waals surface area contributed by atoms with Gasteiger partial charge in [-0.15, -0.1) is 24.8 Å². The van der Waals surface area contributed by atoms with Crippen LogP contribution in [0.2, 0.25) is 0 Å². The maximum absolute atomic E-state index is 3.41. The van der Waals surface area contributed by atoms with Crippen molar-refractivity contribution in [1.82, 2.24) is 10.2 Å². The van der Waals surface area contributed by atoms with Gasteiger partial charge in [0.1, 0.15) is 0 Å². The van der Waals surface area contributed by atoms with Crippen molar-refractivity contribution >= 4 is 24.8 Å². The third-order valence-electron chi connectivity index (χ3n) is 3.51. The number of hydrogen-bond acceptors (Lipinski definition) is 2. The molecular formula is C13H20Cl2N2. The normalized spacial score (nSPS) is 18.4. The molecule has 0 aromatic heterocycles. The molecule has 17 heavy (non-hydrogen) atoms. The second kappa shape index (κ2) is 6.60. The summed E-state index contributed by atoms with van der Waals surface area (Å²) in [5, 5.41) is 3.41. The maximum atomic E-state index is 3.41. The molecule has 0 bridgehead atoms. The number of hydrogen-bond donors (Lipinski definition) is 1. The fourth-order valence-corrected chi connectivity index (χ4v) is 2.43. The zero-order chi connectivity index (χ0) is 10.1. The lowest BCUT2D eigenvalue weighted by Gasteiger charge is -2.31. The number of nitrogens with one attached hydrogen (secondary N) is 1. The highest BCUT2D eigenvalue weighted by Gasteiger charge is 2.15. The molecule has 1 aromatic carbocycles. The molecule has 1 saturated heterocycles. The second-order valence-electron chi connectivity index (χ2n) is 4.66. The summed E-state index contributed by atoms with van der Waals surface area (Å²) in [4.78, 5) is 2.52. The van der Waals surface area contributed by atoms with Gasteiger partial charge in [0.05, 0.1) is 0 Å². The van der Waals surface area contributed by atoms with Gasteiger partial charge in [0, 0.05) is 13.1 Å². The van der Waals surface area contributed by atoms with Gasteiger partial charge in [-0.25, -0.2) is 0 Å². The number of rotatable bonds is 2. The SMILES string of the molecule is Cl.Cl.c1cc2c(cc1CN1CCC1)CCNC2. The average Bonchev–Trinajstić information content (AvgIpc) is 2.23. The molecule has 0 radical (unpaired) electrons. The lowest BCUT2D eigenvalue weighted by atomic mass is 9.98. The smallest absolute Gasteiger partial charge is 0.0233 e. The largest absolute Gasteiger partial charge is 0.312 e. The average molecular weight is 275 g/mol. The lowest BCUT2D eigenvalue weighted by molar-refractivity contribution is 0.172. The second-order valence-corrected chi connectivity index (χ2v) is 4.66. The van der Waals surface area contributed by atoms with Crippen LogP contribution >= 0.6 is 24.8 Å². The molecule has 0 atom stereocenters. The number of nitrogens with zero attached hydrogens (tertiary/aromatic N) is 1. The van der Waals surface area contributed by atoms with E-state index in [4.69, 9.17) is 0 Å². The van der Waals surface area contributed by atoms with Gasteiger partial charge in [0.2, 0.25) is 0 Å². The summed E-state index contributed by atoms with van der Waals surface area (Å²) in [7, 11) is 0. The minimum atomic E-state index is 0. The van der Waals surface area contributed by atoms with Crippen molar-refractivity contribution in [3.05, 3.63) is 34.9 Å². The van der Waals surface area contributed by atoms with E-state index in [0.29, 0.717) is 0 Å². The molecule has 0 unspecified atom stereocenters. The van der Waals surface area contributed by atoms with Gasteiger partial charge >= 0.3 is 0 Å². The zero-order valence-electron chi connectivity index (χ0n) is 9.95. The topological polar surface area (TPSA) is 15.3 Å². The van der Waals surface area contributed by atoms with Gasteiger partial charge in [-0.3, -0.25) is 4.90 Å². The van der Waals surface area contributed by atoms with Crippen molar-refractivity contribution in [3.8, 4) is 0 Å². The Balaban J connectivity index is 0.000000722. The van der Waals surface area contributed by atoms with E-state index in [9.17, 15) is 0 Å². The van der Waals surface area contributed by atoms with Crippen LogP contribution in [0.15, 0.2) is 18.2 Å². The van der Waals surface area contributed by atoms with Crippen molar-refractivity contribution < 1.29 is 0 Å². The van der Waals surface area contributed by atoms with Gasteiger partial charge in [0.25, 0.3) is 0 Å². The fraction of sp³-hybridized carbons (Fsp3) is 0.538. The predicted molar refractivity (Wildman–Crippen MR) is 76.2 cm³/mol. The first kappa shape index (κ1) is 14.8. The zero-order valence-corrected chi connectivity index (χ0v) is 11.6. The number of halogens is 2. The van der Waals surface area contributed by atoms with Gasteiger partial charge < -0.3 is 5.32 Å². The van der Waals surface area contributed by atoms with E-state index in [1.54, 1.807) is 5.56 Å². The lowest BCUT2D eigenvalue weighted by Crippen LogP contribution is -2.36. The molecule has 0 amide bonds. The highest BCUT2D eigenvalue weighted by Crippen LogP contribution is 2.18. The summed E-state index contributed by atoms with van der Waals surface area (Å²) in [6.45, 7) is 5.93. The quantitative estimate of drug-likeness (QED) is 0.891. The Kier molecular flexibility index (Phi) is 5.74. The Hall–Kier alpha value is -0.280. The summed E-state index contributed by atoms with van der Waals surface area (Å²) in [6, 6.07) is 7.01. The first-order valence-corrected chi connectivity index (χ1v) is 5.95. The molecule has 96 valence electrons. The molecule has 3 rings (SSSR count). The first-order chi connectivity index (χ1) is 7.42. The van der Waals surface area contributed by atoms with Gasteiger partial charge in [-0.1, -0.05) is 18.2 Å². The Bertz CT molecular complexity index is 364. The van der Waals surface area contributed by atoms with Gasteiger partial charge in [-0.05, 0) is 49.2 Å². The van der Waals surface area contributed by atoms with Crippen LogP contribution in [-0.2, 0) is 19.5 Å². The minimum Gasteiger partial charge on any atom is -0.312 e. The van der Waals surface area contributed by atoms with Crippen molar-refractivity contribution in [2.24, 2.45) is 0 Å². The fourth-order valence-electron chi connectivity index (χ4n) is 2.43. The minimum absolute atomic E-state index is 0. The Labute approximate surface area is 116 Å². The van der Waals surface area contributed by atoms with Gasteiger partial charge in [-0.2, -0.15) is 0 Å². The van der Waals surface area contributed by atoms with E-state index < -0.39 is 0 Å². The van der Waals surface area contributed by atoms with E-state index in [1.165, 1.54) is 37.1 Å². The first-order valence-electron chi connectivity index (χ1n) is 5.95.